The van der Waals surface area contributed by atoms with Gasteiger partial charge in [0.1, 0.15) is 16.9 Å². The van der Waals surface area contributed by atoms with Crippen molar-refractivity contribution < 1.29 is 27.5 Å². The van der Waals surface area contributed by atoms with E-state index in [2.05, 4.69) is 5.32 Å². The molecule has 0 saturated heterocycles. The highest BCUT2D eigenvalue weighted by Crippen LogP contribution is 2.35. The van der Waals surface area contributed by atoms with Crippen LogP contribution in [-0.2, 0) is 19.1 Å². The Hall–Kier alpha value is -4.08. The Kier molecular flexibility index (Phi) is 4.55. The first-order valence-corrected chi connectivity index (χ1v) is 9.99. The molecule has 0 unspecified atom stereocenters. The van der Waals surface area contributed by atoms with Gasteiger partial charge in [-0.1, -0.05) is 12.1 Å². The summed E-state index contributed by atoms with van der Waals surface area (Å²) < 4.78 is 46.0. The Morgan fingerprint density at radius 3 is 2.64 bits per heavy atom. The molecule has 0 spiro atoms. The Morgan fingerprint density at radius 2 is 1.88 bits per heavy atom. The highest BCUT2D eigenvalue weighted by Gasteiger charge is 2.34. The first kappa shape index (κ1) is 20.8. The SMILES string of the molecule is O=C(Nc1ccc2c(C(F)(F)F)cc(=O)oc2c1)c1c(O)c2cccc3c2n(c1=O)CCC3. The van der Waals surface area contributed by atoms with Crippen molar-refractivity contribution in [1.29, 1.82) is 0 Å². The Morgan fingerprint density at radius 1 is 1.09 bits per heavy atom. The lowest BCUT2D eigenvalue weighted by molar-refractivity contribution is -0.136. The van der Waals surface area contributed by atoms with E-state index in [4.69, 9.17) is 4.42 Å². The zero-order valence-corrected chi connectivity index (χ0v) is 16.8. The van der Waals surface area contributed by atoms with Gasteiger partial charge in [-0.3, -0.25) is 9.59 Å². The molecule has 3 heterocycles. The first-order valence-electron chi connectivity index (χ1n) is 9.99. The molecule has 0 bridgehead atoms. The molecule has 0 fully saturated rings. The Labute approximate surface area is 182 Å². The number of nitrogens with zero attached hydrogens (tertiary/aromatic N) is 1. The number of amides is 1. The quantitative estimate of drug-likeness (QED) is 0.444. The molecule has 2 aromatic heterocycles. The summed E-state index contributed by atoms with van der Waals surface area (Å²) in [7, 11) is 0. The van der Waals surface area contributed by atoms with E-state index in [0.29, 0.717) is 29.9 Å². The van der Waals surface area contributed by atoms with Crippen LogP contribution in [0.2, 0.25) is 0 Å². The molecule has 0 radical (unpaired) electrons. The van der Waals surface area contributed by atoms with Gasteiger partial charge in [0.15, 0.2) is 0 Å². The number of anilines is 1. The van der Waals surface area contributed by atoms with Gasteiger partial charge >= 0.3 is 11.8 Å². The van der Waals surface area contributed by atoms with Crippen molar-refractivity contribution >= 4 is 33.5 Å². The van der Waals surface area contributed by atoms with E-state index >= 15 is 0 Å². The van der Waals surface area contributed by atoms with Crippen LogP contribution in [0.3, 0.4) is 0 Å². The van der Waals surface area contributed by atoms with E-state index in [-0.39, 0.29) is 16.7 Å². The fourth-order valence-electron chi connectivity index (χ4n) is 4.29. The molecular formula is C23H15F3N2O5. The number of aromatic hydroxyl groups is 1. The van der Waals surface area contributed by atoms with Gasteiger partial charge in [-0.15, -0.1) is 0 Å². The summed E-state index contributed by atoms with van der Waals surface area (Å²) in [6.07, 6.45) is -3.34. The minimum Gasteiger partial charge on any atom is -0.506 e. The van der Waals surface area contributed by atoms with Crippen molar-refractivity contribution in [2.45, 2.75) is 25.6 Å². The predicted molar refractivity (Wildman–Crippen MR) is 114 cm³/mol. The number of aromatic nitrogens is 1. The lowest BCUT2D eigenvalue weighted by Gasteiger charge is -2.21. The molecule has 1 aliphatic rings. The third-order valence-electron chi connectivity index (χ3n) is 5.70. The van der Waals surface area contributed by atoms with Gasteiger partial charge in [-0.25, -0.2) is 4.79 Å². The van der Waals surface area contributed by atoms with E-state index < -0.39 is 40.1 Å². The summed E-state index contributed by atoms with van der Waals surface area (Å²) in [5, 5.41) is 13.1. The molecule has 2 N–H and O–H groups in total. The van der Waals surface area contributed by atoms with Gasteiger partial charge in [0.05, 0.1) is 11.1 Å². The number of rotatable bonds is 2. The molecule has 4 aromatic rings. The molecule has 1 amide bonds. The lowest BCUT2D eigenvalue weighted by atomic mass is 9.99. The molecule has 2 aromatic carbocycles. The lowest BCUT2D eigenvalue weighted by Crippen LogP contribution is -2.31. The molecule has 7 nitrogen and oxygen atoms in total. The second-order valence-electron chi connectivity index (χ2n) is 7.74. The van der Waals surface area contributed by atoms with Crippen molar-refractivity contribution in [2.75, 3.05) is 5.32 Å². The topological polar surface area (TPSA) is 102 Å². The summed E-state index contributed by atoms with van der Waals surface area (Å²) in [5.74, 6) is -1.41. The molecular weight excluding hydrogens is 441 g/mol. The van der Waals surface area contributed by atoms with Gasteiger partial charge in [0.2, 0.25) is 0 Å². The number of carbonyl (C=O) groups is 1. The van der Waals surface area contributed by atoms with Gasteiger partial charge in [0, 0.05) is 35.1 Å². The number of pyridine rings is 1. The normalized spacial score (nSPS) is 13.4. The molecule has 5 rings (SSSR count). The van der Waals surface area contributed by atoms with Crippen molar-refractivity contribution in [2.24, 2.45) is 0 Å². The molecule has 1 aliphatic heterocycles. The summed E-state index contributed by atoms with van der Waals surface area (Å²) in [6.45, 7) is 0.383. The summed E-state index contributed by atoms with van der Waals surface area (Å²) in [4.78, 5) is 37.6. The fourth-order valence-corrected chi connectivity index (χ4v) is 4.29. The van der Waals surface area contributed by atoms with Crippen molar-refractivity contribution in [3.8, 4) is 5.75 Å². The zero-order chi connectivity index (χ0) is 23.5. The monoisotopic (exact) mass is 456 g/mol. The van der Waals surface area contributed by atoms with Crippen molar-refractivity contribution in [1.82, 2.24) is 4.57 Å². The first-order chi connectivity index (χ1) is 15.6. The molecule has 0 saturated carbocycles. The summed E-state index contributed by atoms with van der Waals surface area (Å²) >= 11 is 0. The largest absolute Gasteiger partial charge is 0.506 e. The van der Waals surface area contributed by atoms with Gasteiger partial charge < -0.3 is 19.4 Å². The fraction of sp³-hybridized carbons (Fsp3) is 0.174. The average Bonchev–Trinajstić information content (AvgIpc) is 2.76. The number of nitrogens with one attached hydrogen (secondary N) is 1. The van der Waals surface area contributed by atoms with Crippen LogP contribution in [0, 0.1) is 0 Å². The summed E-state index contributed by atoms with van der Waals surface area (Å²) in [6, 6.07) is 8.84. The van der Waals surface area contributed by atoms with Crippen LogP contribution >= 0.6 is 0 Å². The van der Waals surface area contributed by atoms with E-state index in [0.717, 1.165) is 24.1 Å². The van der Waals surface area contributed by atoms with Gasteiger partial charge in [-0.2, -0.15) is 13.2 Å². The standard InChI is InChI=1S/C23H15F3N2O5/c24-23(25,26)15-10-17(29)33-16-9-12(6-7-13(15)16)27-21(31)18-20(30)14-5-1-3-11-4-2-8-28(19(11)14)22(18)32/h1,3,5-7,9-10,30H,2,4,8H2,(H,27,31). The Balaban J connectivity index is 1.60. The Bertz CT molecular complexity index is 1580. The maximum Gasteiger partial charge on any atom is 0.417 e. The van der Waals surface area contributed by atoms with Gasteiger partial charge in [-0.05, 0) is 36.6 Å². The summed E-state index contributed by atoms with van der Waals surface area (Å²) in [5.41, 5.74) is -2.43. The van der Waals surface area contributed by atoms with Crippen LogP contribution in [0.1, 0.15) is 27.9 Å². The number of carbonyl (C=O) groups excluding carboxylic acids is 1. The molecule has 10 heteroatoms. The number of aryl methyl sites for hydroxylation is 2. The minimum atomic E-state index is -4.77. The number of fused-ring (bicyclic) bond motifs is 1. The highest BCUT2D eigenvalue weighted by molar-refractivity contribution is 6.09. The van der Waals surface area contributed by atoms with Gasteiger partial charge in [0.25, 0.3) is 11.5 Å². The molecule has 168 valence electrons. The van der Waals surface area contributed by atoms with Crippen LogP contribution in [-0.4, -0.2) is 15.6 Å². The molecule has 33 heavy (non-hydrogen) atoms. The highest BCUT2D eigenvalue weighted by atomic mass is 19.4. The van der Waals surface area contributed by atoms with Crippen LogP contribution < -0.4 is 16.5 Å². The zero-order valence-electron chi connectivity index (χ0n) is 16.8. The third-order valence-corrected chi connectivity index (χ3v) is 5.70. The van der Waals surface area contributed by atoms with E-state index in [1.165, 1.54) is 10.6 Å². The van der Waals surface area contributed by atoms with Crippen LogP contribution in [0.4, 0.5) is 18.9 Å². The van der Waals surface area contributed by atoms with Crippen LogP contribution in [0.25, 0.3) is 21.9 Å². The molecule has 0 aliphatic carbocycles. The smallest absolute Gasteiger partial charge is 0.417 e. The maximum absolute atomic E-state index is 13.2. The van der Waals surface area contributed by atoms with E-state index in [9.17, 15) is 32.7 Å². The van der Waals surface area contributed by atoms with Crippen molar-refractivity contribution in [3.05, 3.63) is 79.9 Å². The number of alkyl halides is 3. The van der Waals surface area contributed by atoms with Crippen molar-refractivity contribution in [3.63, 3.8) is 0 Å². The van der Waals surface area contributed by atoms with E-state index in [1.54, 1.807) is 12.1 Å². The second kappa shape index (κ2) is 7.22. The predicted octanol–water partition coefficient (Wildman–Crippen LogP) is 4.03. The van der Waals surface area contributed by atoms with Crippen LogP contribution in [0.5, 0.6) is 5.75 Å². The van der Waals surface area contributed by atoms with Crippen LogP contribution in [0.15, 0.2) is 56.5 Å². The number of para-hydroxylation sites is 1. The third kappa shape index (κ3) is 3.34. The second-order valence-corrected chi connectivity index (χ2v) is 7.74. The van der Waals surface area contributed by atoms with E-state index in [1.807, 2.05) is 6.07 Å². The number of hydrogen-bond donors (Lipinski definition) is 2. The number of hydrogen-bond acceptors (Lipinski definition) is 5. The number of benzene rings is 2. The number of halogens is 3. The maximum atomic E-state index is 13.2. The average molecular weight is 456 g/mol. The molecule has 0 atom stereocenters. The minimum absolute atomic E-state index is 0.0127.